The van der Waals surface area contributed by atoms with Gasteiger partial charge in [0.1, 0.15) is 0 Å². The van der Waals surface area contributed by atoms with Crippen LogP contribution in [-0.2, 0) is 14.9 Å². The number of amides is 1. The molecule has 0 aliphatic heterocycles. The Morgan fingerprint density at radius 2 is 2.12 bits per heavy atom. The zero-order chi connectivity index (χ0) is 12.4. The molecule has 0 aliphatic rings. The summed E-state index contributed by atoms with van der Waals surface area (Å²) in [6.45, 7) is 0.338. The van der Waals surface area contributed by atoms with Crippen molar-refractivity contribution in [3.8, 4) is 0 Å². The van der Waals surface area contributed by atoms with Gasteiger partial charge in [0.2, 0.25) is 0 Å². The highest BCUT2D eigenvalue weighted by Gasteiger charge is 2.12. The lowest BCUT2D eigenvalue weighted by Crippen LogP contribution is -2.41. The summed E-state index contributed by atoms with van der Waals surface area (Å²) >= 11 is 1.51. The fourth-order valence-electron chi connectivity index (χ4n) is 0.704. The summed E-state index contributed by atoms with van der Waals surface area (Å²) in [5, 5.41) is 8.49. The molecule has 0 rings (SSSR count). The number of carbonyl (C=O) groups excluding carboxylic acids is 1. The first-order valence-electron chi connectivity index (χ1n) is 4.56. The van der Waals surface area contributed by atoms with Crippen LogP contribution in [-0.4, -0.2) is 51.4 Å². The number of hydrogen-bond donors (Lipinski definition) is 3. The third kappa shape index (κ3) is 8.77. The Bertz CT molecular complexity index is 293. The number of hydrogen-bond acceptors (Lipinski definition) is 6. The molecule has 0 saturated carbocycles. The van der Waals surface area contributed by atoms with E-state index in [9.17, 15) is 13.2 Å². The van der Waals surface area contributed by atoms with Gasteiger partial charge in [0.25, 0.3) is 0 Å². The van der Waals surface area contributed by atoms with Crippen LogP contribution < -0.4 is 9.44 Å². The average molecular weight is 272 g/mol. The van der Waals surface area contributed by atoms with Crippen molar-refractivity contribution in [1.82, 2.24) is 9.44 Å². The van der Waals surface area contributed by atoms with Gasteiger partial charge in [0.15, 0.2) is 0 Å². The van der Waals surface area contributed by atoms with Gasteiger partial charge in [-0.05, 0) is 12.2 Å². The van der Waals surface area contributed by atoms with Crippen LogP contribution in [0.3, 0.4) is 0 Å². The van der Waals surface area contributed by atoms with E-state index in [0.717, 1.165) is 12.9 Å². The summed E-state index contributed by atoms with van der Waals surface area (Å²) in [5.74, 6) is 1.34. The van der Waals surface area contributed by atoms with Crippen LogP contribution in [0.25, 0.3) is 0 Å². The number of ether oxygens (including phenoxy) is 1. The van der Waals surface area contributed by atoms with Gasteiger partial charge in [-0.2, -0.15) is 24.9 Å². The molecule has 0 aromatic heterocycles. The lowest BCUT2D eigenvalue weighted by atomic mass is 10.5. The molecule has 1 amide bonds. The predicted octanol–water partition coefficient (Wildman–Crippen LogP) is -0.708. The Labute approximate surface area is 99.1 Å². The van der Waals surface area contributed by atoms with Crippen LogP contribution in [0.1, 0.15) is 6.42 Å². The number of rotatable bonds is 8. The van der Waals surface area contributed by atoms with E-state index in [-0.39, 0.29) is 13.2 Å². The van der Waals surface area contributed by atoms with Gasteiger partial charge in [0, 0.05) is 18.9 Å². The van der Waals surface area contributed by atoms with Gasteiger partial charge in [0.05, 0.1) is 7.11 Å². The first-order valence-corrected chi connectivity index (χ1v) is 7.19. The van der Waals surface area contributed by atoms with Gasteiger partial charge in [-0.3, -0.25) is 0 Å². The Morgan fingerprint density at radius 1 is 1.44 bits per heavy atom. The summed E-state index contributed by atoms with van der Waals surface area (Å²) in [7, 11) is -2.74. The average Bonchev–Trinajstić information content (AvgIpc) is 2.22. The minimum atomic E-state index is -3.82. The smallest absolute Gasteiger partial charge is 0.421 e. The zero-order valence-corrected chi connectivity index (χ0v) is 10.6. The van der Waals surface area contributed by atoms with Crippen molar-refractivity contribution in [1.29, 1.82) is 0 Å². The lowest BCUT2D eigenvalue weighted by molar-refractivity contribution is 0.177. The van der Waals surface area contributed by atoms with Crippen molar-refractivity contribution in [3.05, 3.63) is 0 Å². The molecule has 16 heavy (non-hydrogen) atoms. The van der Waals surface area contributed by atoms with Gasteiger partial charge in [-0.15, -0.1) is 0 Å². The molecular formula is C7H16N2O5S2. The second kappa shape index (κ2) is 8.62. The molecule has 0 fully saturated rings. The second-order valence-electron chi connectivity index (χ2n) is 2.68. The highest BCUT2D eigenvalue weighted by Crippen LogP contribution is 2.00. The standard InChI is InChI=1S/C7H16N2O5S2/c1-14-7(11)9-16(12,13)8-3-6-15-5-2-4-10/h8,10H,2-6H2,1H3,(H,9,11). The number of aliphatic hydroxyl groups excluding tert-OH is 1. The van der Waals surface area contributed by atoms with E-state index in [1.54, 1.807) is 4.72 Å². The van der Waals surface area contributed by atoms with Gasteiger partial charge >= 0.3 is 16.3 Å². The largest absolute Gasteiger partial charge is 0.452 e. The first-order chi connectivity index (χ1) is 7.52. The molecule has 3 N–H and O–H groups in total. The molecule has 0 radical (unpaired) electrons. The van der Waals surface area contributed by atoms with Crippen LogP contribution in [0.4, 0.5) is 4.79 Å². The minimum Gasteiger partial charge on any atom is -0.452 e. The maximum atomic E-state index is 11.1. The zero-order valence-electron chi connectivity index (χ0n) is 8.93. The molecule has 0 aromatic carbocycles. The summed E-state index contributed by atoms with van der Waals surface area (Å²) in [6.07, 6.45) is -0.349. The van der Waals surface area contributed by atoms with Crippen molar-refractivity contribution in [2.45, 2.75) is 6.42 Å². The SMILES string of the molecule is COC(=O)NS(=O)(=O)NCCSCCCO. The van der Waals surface area contributed by atoms with Crippen molar-refractivity contribution >= 4 is 28.1 Å². The molecule has 0 unspecified atom stereocenters. The van der Waals surface area contributed by atoms with Crippen molar-refractivity contribution < 1.29 is 23.1 Å². The number of aliphatic hydroxyl groups is 1. The number of thioether (sulfide) groups is 1. The lowest BCUT2D eigenvalue weighted by Gasteiger charge is -2.06. The van der Waals surface area contributed by atoms with E-state index in [1.807, 2.05) is 0 Å². The molecular weight excluding hydrogens is 256 g/mol. The van der Waals surface area contributed by atoms with Crippen LogP contribution in [0.5, 0.6) is 0 Å². The van der Waals surface area contributed by atoms with Crippen LogP contribution in [0.2, 0.25) is 0 Å². The van der Waals surface area contributed by atoms with E-state index in [2.05, 4.69) is 9.46 Å². The fraction of sp³-hybridized carbons (Fsp3) is 0.857. The second-order valence-corrected chi connectivity index (χ2v) is 5.41. The predicted molar refractivity (Wildman–Crippen MR) is 61.5 cm³/mol. The minimum absolute atomic E-state index is 0.128. The van der Waals surface area contributed by atoms with E-state index < -0.39 is 16.3 Å². The quantitative estimate of drug-likeness (QED) is 0.504. The van der Waals surface area contributed by atoms with Crippen molar-refractivity contribution in [3.63, 3.8) is 0 Å². The Balaban J connectivity index is 3.63. The maximum Gasteiger partial charge on any atom is 0.421 e. The normalized spacial score (nSPS) is 11.1. The summed E-state index contributed by atoms with van der Waals surface area (Å²) in [6, 6.07) is 0. The third-order valence-corrected chi connectivity index (χ3v) is 3.48. The monoisotopic (exact) mass is 272 g/mol. The molecule has 0 aromatic rings. The van der Waals surface area contributed by atoms with E-state index in [0.29, 0.717) is 12.2 Å². The summed E-state index contributed by atoms with van der Waals surface area (Å²) in [4.78, 5) is 10.6. The summed E-state index contributed by atoms with van der Waals surface area (Å²) in [5.41, 5.74) is 0. The molecule has 0 saturated heterocycles. The van der Waals surface area contributed by atoms with Crippen molar-refractivity contribution in [2.75, 3.05) is 31.8 Å². The molecule has 0 aliphatic carbocycles. The molecule has 7 nitrogen and oxygen atoms in total. The van der Waals surface area contributed by atoms with Crippen LogP contribution in [0, 0.1) is 0 Å². The highest BCUT2D eigenvalue weighted by atomic mass is 32.2. The van der Waals surface area contributed by atoms with Crippen LogP contribution >= 0.6 is 11.8 Å². The topological polar surface area (TPSA) is 105 Å². The molecule has 96 valence electrons. The van der Waals surface area contributed by atoms with E-state index in [4.69, 9.17) is 5.11 Å². The molecule has 0 heterocycles. The number of carbonyl (C=O) groups is 1. The van der Waals surface area contributed by atoms with E-state index in [1.165, 1.54) is 11.8 Å². The van der Waals surface area contributed by atoms with Gasteiger partial charge in [-0.1, -0.05) is 0 Å². The molecule has 0 bridgehead atoms. The third-order valence-electron chi connectivity index (χ3n) is 1.39. The van der Waals surface area contributed by atoms with Gasteiger partial charge < -0.3 is 9.84 Å². The fourth-order valence-corrected chi connectivity index (χ4v) is 2.36. The van der Waals surface area contributed by atoms with Crippen LogP contribution in [0.15, 0.2) is 0 Å². The highest BCUT2D eigenvalue weighted by molar-refractivity contribution is 7.99. The maximum absolute atomic E-state index is 11.1. The summed E-state index contributed by atoms with van der Waals surface area (Å²) < 4.78 is 30.2. The Morgan fingerprint density at radius 3 is 2.69 bits per heavy atom. The van der Waals surface area contributed by atoms with Crippen molar-refractivity contribution in [2.24, 2.45) is 0 Å². The molecule has 0 spiro atoms. The molecule has 0 atom stereocenters. The number of nitrogens with one attached hydrogen (secondary N) is 2. The van der Waals surface area contributed by atoms with E-state index >= 15 is 0 Å². The first kappa shape index (κ1) is 15.5. The number of methoxy groups -OCH3 is 1. The Hall–Kier alpha value is -0.510. The molecule has 9 heteroatoms. The Kier molecular flexibility index (Phi) is 8.35. The van der Waals surface area contributed by atoms with Gasteiger partial charge in [-0.25, -0.2) is 9.52 Å².